The summed E-state index contributed by atoms with van der Waals surface area (Å²) in [5.74, 6) is 1.79. The molecule has 0 amide bonds. The Kier molecular flexibility index (Phi) is 22.5. The normalized spacial score (nSPS) is 18.4. The first-order valence-electron chi connectivity index (χ1n) is 14.9. The number of nitrogens with zero attached hydrogens (tertiary/aromatic N) is 2. The van der Waals surface area contributed by atoms with Gasteiger partial charge >= 0.3 is 0 Å². The number of rotatable bonds is 5. The third-order valence-corrected chi connectivity index (χ3v) is 8.50. The zero-order valence-corrected chi connectivity index (χ0v) is 27.1. The predicted octanol–water partition coefficient (Wildman–Crippen LogP) is 5.63. The Morgan fingerprint density at radius 2 is 0.684 bits per heavy atom. The second-order valence-electron chi connectivity index (χ2n) is 11.4. The van der Waals surface area contributed by atoms with E-state index in [1.165, 1.54) is 140 Å². The molecule has 4 aliphatic carbocycles. The van der Waals surface area contributed by atoms with Gasteiger partial charge in [0.1, 0.15) is 0 Å². The maximum absolute atomic E-state index is 2.36. The Labute approximate surface area is 267 Å². The minimum Gasteiger partial charge on any atom is -1.00 e. The third kappa shape index (κ3) is 14.0. The summed E-state index contributed by atoms with van der Waals surface area (Å²) in [5, 5.41) is 0. The van der Waals surface area contributed by atoms with Gasteiger partial charge in [-0.2, -0.15) is 0 Å². The molecule has 4 aliphatic rings. The van der Waals surface area contributed by atoms with E-state index in [4.69, 9.17) is 0 Å². The predicted molar refractivity (Wildman–Crippen MR) is 150 cm³/mol. The van der Waals surface area contributed by atoms with E-state index in [-0.39, 0.29) is 59.0 Å². The molecule has 6 rings (SSSR count). The largest absolute Gasteiger partial charge is 1.00 e. The molecule has 6 heteroatoms. The van der Waals surface area contributed by atoms with Crippen LogP contribution in [0, 0.1) is 11.8 Å². The van der Waals surface area contributed by atoms with Crippen molar-refractivity contribution >= 4 is 12.4 Å². The molecule has 38 heavy (non-hydrogen) atoms. The first-order valence-corrected chi connectivity index (χ1v) is 14.9. The molecule has 0 N–H and O–H groups in total. The Morgan fingerprint density at radius 1 is 0.447 bits per heavy atom. The Hall–Kier alpha value is -0.0810. The fraction of sp³-hybridized carbons (Fsp3) is 0.688. The molecule has 4 saturated carbocycles. The van der Waals surface area contributed by atoms with Crippen molar-refractivity contribution in [1.82, 2.24) is 0 Å². The molecule has 0 bridgehead atoms. The van der Waals surface area contributed by atoms with Crippen LogP contribution in [0.5, 0.6) is 0 Å². The first kappa shape index (κ1) is 37.9. The van der Waals surface area contributed by atoms with Crippen LogP contribution < -0.4 is 21.5 Å². The van der Waals surface area contributed by atoms with E-state index in [2.05, 4.69) is 58.2 Å². The molecular weight excluding hydrogens is 595 g/mol. The van der Waals surface area contributed by atoms with Gasteiger partial charge in [-0.25, -0.2) is 9.13 Å². The van der Waals surface area contributed by atoms with Gasteiger partial charge in [-0.1, -0.05) is 89.9 Å². The summed E-state index contributed by atoms with van der Waals surface area (Å²) in [5.41, 5.74) is 2.65. The molecule has 0 spiro atoms. The minimum atomic E-state index is 0. The molecule has 2 aromatic rings. The van der Waals surface area contributed by atoms with Gasteiger partial charge in [0.05, 0.1) is 0 Å². The van der Waals surface area contributed by atoms with Crippen molar-refractivity contribution in [2.24, 2.45) is 11.8 Å². The van der Waals surface area contributed by atoms with E-state index >= 15 is 0 Å². The average molecular weight is 646 g/mol. The molecular formula is C32H51Cl2Fe2N2+. The molecule has 2 nitrogen and oxygen atoms in total. The summed E-state index contributed by atoms with van der Waals surface area (Å²) in [6.45, 7) is 2.38. The standard InChI is InChI=1S/C22H30N2.2C5H10.2ClH.2Fe/c1-2-6-19(5-1)17-23-13-9-21(10-14-23)22-11-15-24(16-12-22)18-20-7-3-4-8-20;2*1-2-4-5-3-1;;;;/h9-16,19-20H,1-8,17-18H2;2*1-5H2;2*1H;;/q+2;;;;;;/p-1. The topological polar surface area (TPSA) is 7.76 Å². The van der Waals surface area contributed by atoms with Crippen molar-refractivity contribution in [2.75, 3.05) is 0 Å². The van der Waals surface area contributed by atoms with Crippen LogP contribution >= 0.6 is 12.4 Å². The van der Waals surface area contributed by atoms with E-state index in [1.54, 1.807) is 0 Å². The van der Waals surface area contributed by atoms with Gasteiger partial charge in [-0.3, -0.25) is 0 Å². The Balaban J connectivity index is 0.000000826. The third-order valence-electron chi connectivity index (χ3n) is 8.50. The van der Waals surface area contributed by atoms with E-state index < -0.39 is 0 Å². The van der Waals surface area contributed by atoms with Gasteiger partial charge in [0.25, 0.3) is 0 Å². The monoisotopic (exact) mass is 645 g/mol. The molecule has 2 heterocycles. The van der Waals surface area contributed by atoms with Crippen LogP contribution in [0.25, 0.3) is 11.1 Å². The van der Waals surface area contributed by atoms with Crippen LogP contribution in [0.4, 0.5) is 0 Å². The zero-order chi connectivity index (χ0) is 23.3. The van der Waals surface area contributed by atoms with Gasteiger partial charge < -0.3 is 12.4 Å². The second-order valence-corrected chi connectivity index (χ2v) is 11.4. The number of pyridine rings is 2. The Morgan fingerprint density at radius 3 is 0.921 bits per heavy atom. The van der Waals surface area contributed by atoms with Gasteiger partial charge in [-0.05, 0) is 36.8 Å². The molecule has 0 unspecified atom stereocenters. The average Bonchev–Trinajstić information content (AvgIpc) is 3.69. The van der Waals surface area contributed by atoms with E-state index in [0.29, 0.717) is 0 Å². The van der Waals surface area contributed by atoms with Crippen LogP contribution in [0.3, 0.4) is 0 Å². The van der Waals surface area contributed by atoms with E-state index in [9.17, 15) is 0 Å². The van der Waals surface area contributed by atoms with Gasteiger partial charge in [0, 0.05) is 70.2 Å². The molecule has 0 aliphatic heterocycles. The maximum Gasteiger partial charge on any atom is 0.169 e. The number of halogens is 2. The quantitative estimate of drug-likeness (QED) is 0.294. The summed E-state index contributed by atoms with van der Waals surface area (Å²) in [6, 6.07) is 9.08. The van der Waals surface area contributed by atoms with Crippen LogP contribution in [0.2, 0.25) is 0 Å². The molecule has 4 fully saturated rings. The van der Waals surface area contributed by atoms with Gasteiger partial charge in [0.15, 0.2) is 37.9 Å². The molecule has 0 radical (unpaired) electrons. The van der Waals surface area contributed by atoms with Crippen molar-refractivity contribution in [3.05, 3.63) is 49.1 Å². The van der Waals surface area contributed by atoms with Gasteiger partial charge in [0.2, 0.25) is 0 Å². The van der Waals surface area contributed by atoms with Crippen molar-refractivity contribution in [3.8, 4) is 11.1 Å². The molecule has 0 saturated heterocycles. The number of hydrogen-bond acceptors (Lipinski definition) is 0. The Bertz CT molecular complexity index is 712. The van der Waals surface area contributed by atoms with Crippen LogP contribution in [0.15, 0.2) is 49.1 Å². The number of hydrogen-bond donors (Lipinski definition) is 0. The van der Waals surface area contributed by atoms with Crippen molar-refractivity contribution < 1.29 is 55.7 Å². The van der Waals surface area contributed by atoms with Crippen LogP contribution in [-0.4, -0.2) is 0 Å². The van der Waals surface area contributed by atoms with Crippen molar-refractivity contribution in [2.45, 2.75) is 129 Å². The van der Waals surface area contributed by atoms with Crippen LogP contribution in [0.1, 0.15) is 116 Å². The van der Waals surface area contributed by atoms with E-state index in [1.807, 2.05) is 0 Å². The molecule has 218 valence electrons. The van der Waals surface area contributed by atoms with Crippen LogP contribution in [-0.2, 0) is 47.2 Å². The number of aromatic nitrogens is 2. The minimum absolute atomic E-state index is 0. The second kappa shape index (κ2) is 22.6. The summed E-state index contributed by atoms with van der Waals surface area (Å²) < 4.78 is 4.73. The SMILES string of the molecule is C1CCCC1.C1CCCC1.Cl.[Cl-].[Fe].[Fe].c1c[n+](CC2CCCC2)ccc1-c1cc[n+](CC2CCCC2)cc1. The summed E-state index contributed by atoms with van der Waals surface area (Å²) in [6.07, 6.45) is 35.4. The van der Waals surface area contributed by atoms with Crippen molar-refractivity contribution in [1.29, 1.82) is 0 Å². The smallest absolute Gasteiger partial charge is 0.169 e. The summed E-state index contributed by atoms with van der Waals surface area (Å²) in [4.78, 5) is 0. The van der Waals surface area contributed by atoms with Crippen molar-refractivity contribution in [3.63, 3.8) is 0 Å². The van der Waals surface area contributed by atoms with Gasteiger partial charge in [-0.15, -0.1) is 12.4 Å². The van der Waals surface area contributed by atoms with E-state index in [0.717, 1.165) is 11.8 Å². The fourth-order valence-electron chi connectivity index (χ4n) is 6.29. The first-order chi connectivity index (χ1) is 16.9. The maximum atomic E-state index is 2.36. The summed E-state index contributed by atoms with van der Waals surface area (Å²) in [7, 11) is 0. The fourth-order valence-corrected chi connectivity index (χ4v) is 6.29. The molecule has 0 atom stereocenters. The summed E-state index contributed by atoms with van der Waals surface area (Å²) >= 11 is 0. The molecule has 2 aromatic heterocycles. The molecule has 0 aromatic carbocycles. The zero-order valence-electron chi connectivity index (χ0n) is 23.3.